The molecule has 5 heteroatoms. The van der Waals surface area contributed by atoms with Crippen molar-refractivity contribution in [2.24, 2.45) is 0 Å². The van der Waals surface area contributed by atoms with Crippen molar-refractivity contribution in [1.29, 1.82) is 0 Å². The van der Waals surface area contributed by atoms with E-state index in [0.29, 0.717) is 0 Å². The fraction of sp³-hybridized carbons (Fsp3) is 0. The van der Waals surface area contributed by atoms with Gasteiger partial charge in [-0.25, -0.2) is 0 Å². The van der Waals surface area contributed by atoms with Crippen molar-refractivity contribution in [3.63, 3.8) is 0 Å². The molecule has 2 heterocycles. The number of nitrogens with zero attached hydrogens (tertiary/aromatic N) is 2. The predicted octanol–water partition coefficient (Wildman–Crippen LogP) is 15.9. The average molecular weight is 1100 g/mol. The van der Waals surface area contributed by atoms with Crippen LogP contribution in [0.4, 0.5) is 0 Å². The van der Waals surface area contributed by atoms with E-state index in [1.54, 1.807) is 0 Å². The van der Waals surface area contributed by atoms with E-state index in [2.05, 4.69) is 312 Å². The smallest absolute Gasteiger partial charge is 0.179 e. The fourth-order valence-corrected chi connectivity index (χ4v) is 20.6. The number of aromatic nitrogens is 2. The number of benzene rings is 13. The summed E-state index contributed by atoms with van der Waals surface area (Å²) in [4.78, 5) is 0. The number of hydrogen-bond donors (Lipinski definition) is 0. The first-order chi connectivity index (χ1) is 41.0. The second-order valence-electron chi connectivity index (χ2n) is 21.5. The minimum Gasteiger partial charge on any atom is -0.309 e. The standard InChI is InChI=1S/C78H55N2OPSi/c81-82(64-32-11-3-12-33-64,65-34-22-26-58(51-65)61-45-47-76-72(53-61)71-42-19-20-43-75(71)79(76)62-28-7-1-8-29-62)66-46-49-78-74(55-66)73-54-60(44-48-77(73)80(78)63-30-9-2-10-31-63)57-25-21-24-56(50-57)59-27-23-41-70(52-59)83(67-35-13-4-14-36-67,68-37-15-5-16-38-68)69-39-17-6-18-40-69/h1-55H. The van der Waals surface area contributed by atoms with Crippen LogP contribution >= 0.6 is 7.14 Å². The van der Waals surface area contributed by atoms with Crippen LogP contribution in [-0.4, -0.2) is 17.2 Å². The van der Waals surface area contributed by atoms with E-state index in [9.17, 15) is 0 Å². The van der Waals surface area contributed by atoms with E-state index in [0.717, 1.165) is 87.9 Å². The van der Waals surface area contributed by atoms with Gasteiger partial charge in [-0.1, -0.05) is 249 Å². The van der Waals surface area contributed by atoms with Crippen LogP contribution in [0.5, 0.6) is 0 Å². The highest BCUT2D eigenvalue weighted by Gasteiger charge is 2.41. The maximum absolute atomic E-state index is 16.8. The molecule has 13 aromatic carbocycles. The minimum absolute atomic E-state index is 0.787. The lowest BCUT2D eigenvalue weighted by molar-refractivity contribution is 0.592. The fourth-order valence-electron chi connectivity index (χ4n) is 13.1. The molecule has 0 spiro atoms. The maximum atomic E-state index is 16.8. The summed E-state index contributed by atoms with van der Waals surface area (Å²) in [5.74, 6) is 0. The molecule has 1 atom stereocenters. The Morgan fingerprint density at radius 1 is 0.229 bits per heavy atom. The molecule has 83 heavy (non-hydrogen) atoms. The van der Waals surface area contributed by atoms with Gasteiger partial charge in [0.05, 0.1) is 22.1 Å². The third kappa shape index (κ3) is 8.45. The lowest BCUT2D eigenvalue weighted by Gasteiger charge is -2.34. The second-order valence-corrected chi connectivity index (χ2v) is 28.1. The summed E-state index contributed by atoms with van der Waals surface area (Å²) in [7, 11) is -6.24. The Kier molecular flexibility index (Phi) is 12.5. The summed E-state index contributed by atoms with van der Waals surface area (Å²) in [6.07, 6.45) is 0. The lowest BCUT2D eigenvalue weighted by atomic mass is 9.98. The highest BCUT2D eigenvalue weighted by Crippen LogP contribution is 2.46. The van der Waals surface area contributed by atoms with Crippen molar-refractivity contribution < 1.29 is 4.57 Å². The first-order valence-electron chi connectivity index (χ1n) is 28.4. The van der Waals surface area contributed by atoms with Crippen LogP contribution in [0.25, 0.3) is 88.4 Å². The second kappa shape index (κ2) is 20.8. The Balaban J connectivity index is 0.862. The molecule has 0 aliphatic heterocycles. The quantitative estimate of drug-likeness (QED) is 0.0680. The van der Waals surface area contributed by atoms with Gasteiger partial charge in [0.1, 0.15) is 0 Å². The lowest BCUT2D eigenvalue weighted by Crippen LogP contribution is -2.74. The van der Waals surface area contributed by atoms with Gasteiger partial charge in [0.2, 0.25) is 0 Å². The number of rotatable bonds is 12. The van der Waals surface area contributed by atoms with E-state index < -0.39 is 15.2 Å². The predicted molar refractivity (Wildman–Crippen MR) is 354 cm³/mol. The molecule has 15 aromatic rings. The van der Waals surface area contributed by atoms with Crippen molar-refractivity contribution in [1.82, 2.24) is 9.13 Å². The Bertz CT molecular complexity index is 4830. The van der Waals surface area contributed by atoms with Gasteiger partial charge in [-0.15, -0.1) is 0 Å². The van der Waals surface area contributed by atoms with E-state index >= 15 is 4.57 Å². The molecule has 392 valence electrons. The number of hydrogen-bond acceptors (Lipinski definition) is 1. The van der Waals surface area contributed by atoms with Crippen molar-refractivity contribution in [2.75, 3.05) is 0 Å². The molecule has 1 unspecified atom stereocenters. The molecule has 0 saturated carbocycles. The van der Waals surface area contributed by atoms with Crippen LogP contribution in [-0.2, 0) is 4.57 Å². The van der Waals surface area contributed by atoms with E-state index in [1.165, 1.54) is 37.1 Å². The molecule has 0 bridgehead atoms. The normalized spacial score (nSPS) is 12.5. The van der Waals surface area contributed by atoms with Gasteiger partial charge < -0.3 is 13.7 Å². The molecule has 0 aliphatic carbocycles. The average Bonchev–Trinajstić information content (AvgIpc) is 4.10. The van der Waals surface area contributed by atoms with Gasteiger partial charge in [-0.3, -0.25) is 0 Å². The minimum atomic E-state index is -3.49. The zero-order chi connectivity index (χ0) is 55.3. The summed E-state index contributed by atoms with van der Waals surface area (Å²) < 4.78 is 21.5. The molecule has 2 aromatic heterocycles. The van der Waals surface area contributed by atoms with Crippen LogP contribution in [0.3, 0.4) is 0 Å². The molecule has 0 amide bonds. The van der Waals surface area contributed by atoms with Crippen LogP contribution in [0, 0.1) is 0 Å². The molecule has 15 rings (SSSR count). The third-order valence-corrected chi connectivity index (χ3v) is 24.7. The number of fused-ring (bicyclic) bond motifs is 6. The zero-order valence-electron chi connectivity index (χ0n) is 45.5. The van der Waals surface area contributed by atoms with Crippen LogP contribution < -0.4 is 36.7 Å². The van der Waals surface area contributed by atoms with Crippen molar-refractivity contribution in [3.8, 4) is 44.8 Å². The summed E-state index contributed by atoms with van der Waals surface area (Å²) >= 11 is 0. The SMILES string of the molecule is O=P(c1ccccc1)(c1cccc(-c2ccc3c(c2)c2ccccc2n3-c2ccccc2)c1)c1ccc2c(c1)c1cc(-c3cccc(-c4cccc([Si](c5ccccc5)(c5ccccc5)c5ccccc5)c4)c3)ccc1n2-c1ccccc1. The Morgan fingerprint density at radius 2 is 0.578 bits per heavy atom. The van der Waals surface area contributed by atoms with E-state index in [-0.39, 0.29) is 0 Å². The zero-order valence-corrected chi connectivity index (χ0v) is 47.4. The van der Waals surface area contributed by atoms with E-state index in [4.69, 9.17) is 0 Å². The summed E-state index contributed by atoms with van der Waals surface area (Å²) in [5.41, 5.74) is 13.3. The van der Waals surface area contributed by atoms with Crippen LogP contribution in [0.1, 0.15) is 0 Å². The number of para-hydroxylation sites is 3. The highest BCUT2D eigenvalue weighted by molar-refractivity contribution is 7.85. The molecular formula is C78H55N2OPSi. The van der Waals surface area contributed by atoms with Crippen molar-refractivity contribution in [2.45, 2.75) is 0 Å². The summed E-state index contributed by atoms with van der Waals surface area (Å²) in [6, 6.07) is 120. The Labute approximate surface area is 484 Å². The Hall–Kier alpha value is -10.1. The van der Waals surface area contributed by atoms with Crippen molar-refractivity contribution in [3.05, 3.63) is 334 Å². The maximum Gasteiger partial charge on any atom is 0.179 e. The topological polar surface area (TPSA) is 26.9 Å². The molecule has 0 N–H and O–H groups in total. The van der Waals surface area contributed by atoms with Crippen LogP contribution in [0.15, 0.2) is 334 Å². The summed E-state index contributed by atoms with van der Waals surface area (Å²) in [6.45, 7) is 0. The van der Waals surface area contributed by atoms with Gasteiger partial charge >= 0.3 is 0 Å². The Morgan fingerprint density at radius 3 is 1.12 bits per heavy atom. The molecule has 0 saturated heterocycles. The highest BCUT2D eigenvalue weighted by atomic mass is 31.2. The van der Waals surface area contributed by atoms with Gasteiger partial charge in [-0.05, 0) is 139 Å². The largest absolute Gasteiger partial charge is 0.309 e. The first-order valence-corrected chi connectivity index (χ1v) is 32.1. The monoisotopic (exact) mass is 1090 g/mol. The first kappa shape index (κ1) is 49.9. The van der Waals surface area contributed by atoms with E-state index in [1.807, 2.05) is 30.3 Å². The van der Waals surface area contributed by atoms with Gasteiger partial charge in [0.15, 0.2) is 15.2 Å². The van der Waals surface area contributed by atoms with Crippen LogP contribution in [0.2, 0.25) is 0 Å². The molecule has 0 radical (unpaired) electrons. The van der Waals surface area contributed by atoms with Crippen molar-refractivity contribution >= 4 is 95.5 Å². The third-order valence-electron chi connectivity index (χ3n) is 16.9. The molecular weight excluding hydrogens is 1040 g/mol. The van der Waals surface area contributed by atoms with Gasteiger partial charge in [0.25, 0.3) is 0 Å². The summed E-state index contributed by atoms with van der Waals surface area (Å²) in [5, 5.41) is 12.3. The van der Waals surface area contributed by atoms with Gasteiger partial charge in [0, 0.05) is 48.8 Å². The molecule has 3 nitrogen and oxygen atoms in total. The molecule has 0 aliphatic rings. The molecule has 0 fully saturated rings. The van der Waals surface area contributed by atoms with Gasteiger partial charge in [-0.2, -0.15) is 0 Å².